The molecule has 0 saturated carbocycles. The van der Waals surface area contributed by atoms with Crippen LogP contribution in [0.5, 0.6) is 0 Å². The molecule has 28 heavy (non-hydrogen) atoms. The summed E-state index contributed by atoms with van der Waals surface area (Å²) in [5.74, 6) is -2.19. The van der Waals surface area contributed by atoms with Gasteiger partial charge in [-0.15, -0.1) is 0 Å². The van der Waals surface area contributed by atoms with Crippen LogP contribution in [0, 0.1) is 11.6 Å². The summed E-state index contributed by atoms with van der Waals surface area (Å²) in [6, 6.07) is 4.19. The number of piperazine rings is 1. The number of hydrogen-bond donors (Lipinski definition) is 0. The predicted octanol–water partition coefficient (Wildman–Crippen LogP) is 1.64. The quantitative estimate of drug-likeness (QED) is 0.771. The summed E-state index contributed by atoms with van der Waals surface area (Å²) in [6.07, 6.45) is 3.02. The van der Waals surface area contributed by atoms with Gasteiger partial charge < -0.3 is 4.90 Å². The molecule has 150 valence electrons. The molecule has 0 bridgehead atoms. The summed E-state index contributed by atoms with van der Waals surface area (Å²) < 4.78 is 55.2. The summed E-state index contributed by atoms with van der Waals surface area (Å²) in [4.78, 5) is 13.7. The van der Waals surface area contributed by atoms with Gasteiger partial charge in [-0.05, 0) is 37.5 Å². The zero-order chi connectivity index (χ0) is 19.9. The zero-order valence-corrected chi connectivity index (χ0v) is 16.0. The van der Waals surface area contributed by atoms with E-state index < -0.39 is 26.6 Å². The standard InChI is InChI=1S/C18H20F2N4O3S/c19-13-4-5-17(15(20)11-13)28(26,27)23-9-7-22(8-10-23)18(25)16-12-14-3-1-2-6-24(14)21-16/h4-5,11-12H,1-3,6-10H2. The van der Waals surface area contributed by atoms with Gasteiger partial charge in [0.25, 0.3) is 5.91 Å². The first-order valence-electron chi connectivity index (χ1n) is 9.17. The SMILES string of the molecule is O=C(c1cc2n(n1)CCCC2)N1CCN(S(=O)(=O)c2ccc(F)cc2F)CC1. The molecule has 1 saturated heterocycles. The Morgan fingerprint density at radius 3 is 2.43 bits per heavy atom. The third kappa shape index (κ3) is 3.42. The van der Waals surface area contributed by atoms with Crippen molar-refractivity contribution in [2.75, 3.05) is 26.2 Å². The minimum atomic E-state index is -4.09. The molecule has 1 fully saturated rings. The van der Waals surface area contributed by atoms with Crippen molar-refractivity contribution in [3.63, 3.8) is 0 Å². The second-order valence-electron chi connectivity index (χ2n) is 6.97. The molecule has 2 aromatic rings. The molecule has 2 aliphatic rings. The molecular formula is C18H20F2N4O3S. The van der Waals surface area contributed by atoms with Gasteiger partial charge in [-0.2, -0.15) is 9.40 Å². The maximum atomic E-state index is 13.9. The number of halogens is 2. The number of carbonyl (C=O) groups excluding carboxylic acids is 1. The predicted molar refractivity (Wildman–Crippen MR) is 96.2 cm³/mol. The number of rotatable bonds is 3. The molecule has 1 aromatic heterocycles. The van der Waals surface area contributed by atoms with Crippen LogP contribution in [0.15, 0.2) is 29.2 Å². The number of amides is 1. The number of hydrogen-bond acceptors (Lipinski definition) is 4. The second kappa shape index (κ2) is 7.25. The van der Waals surface area contributed by atoms with E-state index in [9.17, 15) is 22.0 Å². The van der Waals surface area contributed by atoms with Crippen molar-refractivity contribution in [1.29, 1.82) is 0 Å². The molecule has 0 atom stereocenters. The average Bonchev–Trinajstić information content (AvgIpc) is 3.11. The van der Waals surface area contributed by atoms with Crippen molar-refractivity contribution < 1.29 is 22.0 Å². The lowest BCUT2D eigenvalue weighted by Gasteiger charge is -2.33. The van der Waals surface area contributed by atoms with E-state index in [0.29, 0.717) is 11.8 Å². The second-order valence-corrected chi connectivity index (χ2v) is 8.88. The Morgan fingerprint density at radius 2 is 1.75 bits per heavy atom. The van der Waals surface area contributed by atoms with Gasteiger partial charge in [-0.25, -0.2) is 17.2 Å². The van der Waals surface area contributed by atoms with Crippen LogP contribution in [0.25, 0.3) is 0 Å². The molecule has 10 heteroatoms. The smallest absolute Gasteiger partial charge is 0.274 e. The van der Waals surface area contributed by atoms with Gasteiger partial charge in [0, 0.05) is 44.5 Å². The molecule has 4 rings (SSSR count). The highest BCUT2D eigenvalue weighted by atomic mass is 32.2. The average molecular weight is 410 g/mol. The van der Waals surface area contributed by atoms with Gasteiger partial charge in [0.05, 0.1) is 0 Å². The molecule has 3 heterocycles. The Hall–Kier alpha value is -2.33. The van der Waals surface area contributed by atoms with E-state index in [1.807, 2.05) is 4.68 Å². The minimum Gasteiger partial charge on any atom is -0.335 e. The summed E-state index contributed by atoms with van der Waals surface area (Å²) in [7, 11) is -4.09. The maximum absolute atomic E-state index is 13.9. The van der Waals surface area contributed by atoms with Crippen LogP contribution < -0.4 is 0 Å². The summed E-state index contributed by atoms with van der Waals surface area (Å²) in [5.41, 5.74) is 1.42. The van der Waals surface area contributed by atoms with Crippen molar-refractivity contribution >= 4 is 15.9 Å². The van der Waals surface area contributed by atoms with Crippen LogP contribution in [0.1, 0.15) is 29.0 Å². The first-order valence-corrected chi connectivity index (χ1v) is 10.6. The van der Waals surface area contributed by atoms with Gasteiger partial charge in [0.15, 0.2) is 5.69 Å². The summed E-state index contributed by atoms with van der Waals surface area (Å²) >= 11 is 0. The van der Waals surface area contributed by atoms with Crippen LogP contribution in [-0.2, 0) is 23.0 Å². The lowest BCUT2D eigenvalue weighted by atomic mass is 10.1. The molecule has 1 amide bonds. The van der Waals surface area contributed by atoms with E-state index in [0.717, 1.165) is 47.9 Å². The van der Waals surface area contributed by atoms with E-state index in [1.54, 1.807) is 11.0 Å². The minimum absolute atomic E-state index is 0.0401. The molecule has 0 unspecified atom stereocenters. The van der Waals surface area contributed by atoms with Crippen LogP contribution in [0.4, 0.5) is 8.78 Å². The first kappa shape index (κ1) is 19.0. The van der Waals surface area contributed by atoms with Crippen molar-refractivity contribution in [3.05, 3.63) is 47.3 Å². The van der Waals surface area contributed by atoms with Crippen LogP contribution in [0.2, 0.25) is 0 Å². The Morgan fingerprint density at radius 1 is 1.00 bits per heavy atom. The Balaban J connectivity index is 1.45. The highest BCUT2D eigenvalue weighted by Gasteiger charge is 2.33. The van der Waals surface area contributed by atoms with E-state index in [1.165, 1.54) is 0 Å². The van der Waals surface area contributed by atoms with E-state index in [2.05, 4.69) is 5.10 Å². The number of aryl methyl sites for hydroxylation is 2. The van der Waals surface area contributed by atoms with Gasteiger partial charge in [0.2, 0.25) is 10.0 Å². The fraction of sp³-hybridized carbons (Fsp3) is 0.444. The number of nitrogens with zero attached hydrogens (tertiary/aromatic N) is 4. The largest absolute Gasteiger partial charge is 0.335 e. The molecule has 0 aliphatic carbocycles. The zero-order valence-electron chi connectivity index (χ0n) is 15.1. The number of fused-ring (bicyclic) bond motifs is 1. The third-order valence-corrected chi connectivity index (χ3v) is 7.10. The monoisotopic (exact) mass is 410 g/mol. The highest BCUT2D eigenvalue weighted by molar-refractivity contribution is 7.89. The van der Waals surface area contributed by atoms with E-state index >= 15 is 0 Å². The third-order valence-electron chi connectivity index (χ3n) is 5.17. The van der Waals surface area contributed by atoms with Crippen molar-refractivity contribution in [2.45, 2.75) is 30.7 Å². The molecule has 0 radical (unpaired) electrons. The topological polar surface area (TPSA) is 75.5 Å². The van der Waals surface area contributed by atoms with Crippen molar-refractivity contribution in [1.82, 2.24) is 19.0 Å². The molecule has 0 N–H and O–H groups in total. The first-order chi connectivity index (χ1) is 13.4. The number of carbonyl (C=O) groups is 1. The van der Waals surface area contributed by atoms with Crippen molar-refractivity contribution in [3.8, 4) is 0 Å². The van der Waals surface area contributed by atoms with E-state index in [4.69, 9.17) is 0 Å². The van der Waals surface area contributed by atoms with Gasteiger partial charge in [0.1, 0.15) is 16.5 Å². The molecular weight excluding hydrogens is 390 g/mol. The number of sulfonamides is 1. The normalized spacial score (nSPS) is 18.1. The fourth-order valence-corrected chi connectivity index (χ4v) is 5.11. The Labute approximate surface area is 161 Å². The summed E-state index contributed by atoms with van der Waals surface area (Å²) in [6.45, 7) is 1.25. The van der Waals surface area contributed by atoms with Gasteiger partial charge in [-0.1, -0.05) is 0 Å². The molecule has 0 spiro atoms. The van der Waals surface area contributed by atoms with Crippen molar-refractivity contribution in [2.24, 2.45) is 0 Å². The van der Waals surface area contributed by atoms with Gasteiger partial charge >= 0.3 is 0 Å². The Kier molecular flexibility index (Phi) is 4.92. The molecule has 2 aliphatic heterocycles. The van der Waals surface area contributed by atoms with Crippen LogP contribution in [0.3, 0.4) is 0 Å². The fourth-order valence-electron chi connectivity index (χ4n) is 3.64. The highest BCUT2D eigenvalue weighted by Crippen LogP contribution is 2.22. The lowest BCUT2D eigenvalue weighted by Crippen LogP contribution is -2.50. The van der Waals surface area contributed by atoms with Crippen LogP contribution in [-0.4, -0.2) is 59.5 Å². The number of benzene rings is 1. The van der Waals surface area contributed by atoms with Crippen LogP contribution >= 0.6 is 0 Å². The lowest BCUT2D eigenvalue weighted by molar-refractivity contribution is 0.0690. The molecule has 7 nitrogen and oxygen atoms in total. The van der Waals surface area contributed by atoms with Gasteiger partial charge in [-0.3, -0.25) is 9.48 Å². The van der Waals surface area contributed by atoms with E-state index in [-0.39, 0.29) is 32.1 Å². The summed E-state index contributed by atoms with van der Waals surface area (Å²) in [5, 5.41) is 4.37. The molecule has 1 aromatic carbocycles. The Bertz CT molecular complexity index is 990. The number of aromatic nitrogens is 2. The maximum Gasteiger partial charge on any atom is 0.274 e.